The normalized spacial score (nSPS) is 12.8. The molecule has 0 fully saturated rings. The van der Waals surface area contributed by atoms with Crippen molar-refractivity contribution in [3.05, 3.63) is 24.3 Å². The first kappa shape index (κ1) is 58.3. The number of ether oxygens (including phenoxy) is 1. The van der Waals surface area contributed by atoms with Gasteiger partial charge in [0.1, 0.15) is 0 Å². The maximum absolute atomic E-state index is 12.4. The molecule has 0 saturated heterocycles. The first-order chi connectivity index (χ1) is 29.5. The second-order valence-corrected chi connectivity index (χ2v) is 18.2. The van der Waals surface area contributed by atoms with E-state index in [1.54, 1.807) is 6.08 Å². The van der Waals surface area contributed by atoms with E-state index in [9.17, 15) is 19.8 Å². The fourth-order valence-electron chi connectivity index (χ4n) is 8.11. The third-order valence-electron chi connectivity index (χ3n) is 12.2. The minimum Gasteiger partial charge on any atom is -0.466 e. The zero-order valence-corrected chi connectivity index (χ0v) is 40.2. The van der Waals surface area contributed by atoms with Crippen LogP contribution < -0.4 is 5.32 Å². The highest BCUT2D eigenvalue weighted by Gasteiger charge is 2.17. The van der Waals surface area contributed by atoms with Crippen molar-refractivity contribution in [2.45, 2.75) is 296 Å². The summed E-state index contributed by atoms with van der Waals surface area (Å²) in [6.45, 7) is 4.82. The van der Waals surface area contributed by atoms with E-state index in [2.05, 4.69) is 31.3 Å². The molecule has 6 heteroatoms. The smallest absolute Gasteiger partial charge is 0.305 e. The van der Waals surface area contributed by atoms with Gasteiger partial charge < -0.3 is 20.3 Å². The molecule has 0 bridgehead atoms. The molecule has 0 rings (SSSR count). The Morgan fingerprint density at radius 2 is 0.800 bits per heavy atom. The Balaban J connectivity index is 3.54. The van der Waals surface area contributed by atoms with Crippen LogP contribution in [0.5, 0.6) is 0 Å². The minimum absolute atomic E-state index is 0.0337. The fourth-order valence-corrected chi connectivity index (χ4v) is 8.11. The third-order valence-corrected chi connectivity index (χ3v) is 12.2. The van der Waals surface area contributed by atoms with E-state index in [1.165, 1.54) is 186 Å². The van der Waals surface area contributed by atoms with Crippen molar-refractivity contribution in [1.29, 1.82) is 0 Å². The molecule has 2 atom stereocenters. The molecule has 0 aliphatic rings. The first-order valence-corrected chi connectivity index (χ1v) is 26.6. The van der Waals surface area contributed by atoms with E-state index in [4.69, 9.17) is 4.74 Å². The molecule has 60 heavy (non-hydrogen) atoms. The Bertz CT molecular complexity index is 935. The Morgan fingerprint density at radius 1 is 0.450 bits per heavy atom. The van der Waals surface area contributed by atoms with Gasteiger partial charge in [0, 0.05) is 12.8 Å². The monoisotopic (exact) mass is 846 g/mol. The topological polar surface area (TPSA) is 95.9 Å². The number of hydrogen-bond donors (Lipinski definition) is 3. The lowest BCUT2D eigenvalue weighted by molar-refractivity contribution is -0.143. The molecule has 0 heterocycles. The van der Waals surface area contributed by atoms with Crippen molar-refractivity contribution in [2.75, 3.05) is 13.2 Å². The molecular formula is C54H103NO5. The van der Waals surface area contributed by atoms with Crippen LogP contribution in [0.3, 0.4) is 0 Å². The van der Waals surface area contributed by atoms with Crippen molar-refractivity contribution in [1.82, 2.24) is 5.32 Å². The highest BCUT2D eigenvalue weighted by molar-refractivity contribution is 5.76. The van der Waals surface area contributed by atoms with Gasteiger partial charge in [-0.2, -0.15) is 0 Å². The highest BCUT2D eigenvalue weighted by Crippen LogP contribution is 2.16. The van der Waals surface area contributed by atoms with Crippen LogP contribution in [0.2, 0.25) is 0 Å². The summed E-state index contributed by atoms with van der Waals surface area (Å²) in [7, 11) is 0. The molecule has 0 aromatic rings. The summed E-state index contributed by atoms with van der Waals surface area (Å²) < 4.78 is 5.45. The van der Waals surface area contributed by atoms with E-state index in [0.29, 0.717) is 19.4 Å². The maximum atomic E-state index is 12.4. The average molecular weight is 846 g/mol. The summed E-state index contributed by atoms with van der Waals surface area (Å²) >= 11 is 0. The van der Waals surface area contributed by atoms with Gasteiger partial charge in [0.25, 0.3) is 0 Å². The SMILES string of the molecule is CCCCCCCCCCCCCCCC/C=C/C(O)C(CO)NC(=O)CCC/C=C\CCCCCCOC(=O)CCCCCCCCCCCCCCCCCCCC. The minimum atomic E-state index is -0.874. The van der Waals surface area contributed by atoms with Crippen molar-refractivity contribution < 1.29 is 24.5 Å². The predicted molar refractivity (Wildman–Crippen MR) is 260 cm³/mol. The Hall–Kier alpha value is -1.66. The predicted octanol–water partition coefficient (Wildman–Crippen LogP) is 15.9. The number of rotatable bonds is 49. The second-order valence-electron chi connectivity index (χ2n) is 18.2. The maximum Gasteiger partial charge on any atom is 0.305 e. The molecule has 1 amide bonds. The van der Waals surface area contributed by atoms with Crippen LogP contribution >= 0.6 is 0 Å². The van der Waals surface area contributed by atoms with Gasteiger partial charge in [0.15, 0.2) is 0 Å². The molecule has 0 radical (unpaired) electrons. The van der Waals surface area contributed by atoms with Gasteiger partial charge in [-0.3, -0.25) is 9.59 Å². The summed E-state index contributed by atoms with van der Waals surface area (Å²) in [5, 5.41) is 23.0. The van der Waals surface area contributed by atoms with Crippen LogP contribution in [0.1, 0.15) is 284 Å². The highest BCUT2D eigenvalue weighted by atomic mass is 16.5. The Morgan fingerprint density at radius 3 is 1.22 bits per heavy atom. The third kappa shape index (κ3) is 45.9. The molecule has 0 saturated carbocycles. The number of unbranched alkanes of at least 4 members (excludes halogenated alkanes) is 36. The Kier molecular flexibility index (Phi) is 48.6. The molecule has 0 aliphatic carbocycles. The molecular weight excluding hydrogens is 743 g/mol. The first-order valence-electron chi connectivity index (χ1n) is 26.6. The van der Waals surface area contributed by atoms with Crippen LogP contribution in [0.4, 0.5) is 0 Å². The summed E-state index contributed by atoms with van der Waals surface area (Å²) in [6.07, 6.45) is 59.1. The van der Waals surface area contributed by atoms with Crippen molar-refractivity contribution >= 4 is 11.9 Å². The van der Waals surface area contributed by atoms with Gasteiger partial charge in [0.2, 0.25) is 5.91 Å². The molecule has 0 aromatic carbocycles. The number of carbonyl (C=O) groups excluding carboxylic acids is 2. The van der Waals surface area contributed by atoms with Gasteiger partial charge in [-0.15, -0.1) is 0 Å². The van der Waals surface area contributed by atoms with E-state index in [0.717, 1.165) is 70.6 Å². The molecule has 0 spiro atoms. The number of allylic oxidation sites excluding steroid dienone is 3. The fraction of sp³-hybridized carbons (Fsp3) is 0.889. The molecule has 0 aromatic heterocycles. The largest absolute Gasteiger partial charge is 0.466 e. The quantitative estimate of drug-likeness (QED) is 0.0322. The lowest BCUT2D eigenvalue weighted by Crippen LogP contribution is -2.45. The number of carbonyl (C=O) groups is 2. The van der Waals surface area contributed by atoms with Gasteiger partial charge >= 0.3 is 5.97 Å². The average Bonchev–Trinajstić information content (AvgIpc) is 3.25. The molecule has 2 unspecified atom stereocenters. The van der Waals surface area contributed by atoms with Gasteiger partial charge in [-0.1, -0.05) is 244 Å². The standard InChI is InChI=1S/C54H103NO5/c1-3-5-7-9-11-13-15-17-19-21-22-24-26-28-32-36-40-44-48-54(59)60-49-45-41-37-33-29-31-35-39-43-47-53(58)55-51(50-56)52(57)46-42-38-34-30-27-25-23-20-18-16-14-12-10-8-6-4-2/h31,35,42,46,51-52,56-57H,3-30,32-34,36-41,43-45,47-50H2,1-2H3,(H,55,58)/b35-31-,46-42+. The molecule has 0 aliphatic heterocycles. The van der Waals surface area contributed by atoms with Crippen molar-refractivity contribution in [2.24, 2.45) is 0 Å². The number of aliphatic hydroxyl groups is 2. The zero-order chi connectivity index (χ0) is 43.7. The van der Waals surface area contributed by atoms with Crippen LogP contribution in [-0.2, 0) is 14.3 Å². The number of esters is 1. The van der Waals surface area contributed by atoms with E-state index in [1.807, 2.05) is 6.08 Å². The summed E-state index contributed by atoms with van der Waals surface area (Å²) in [6, 6.07) is -0.664. The zero-order valence-electron chi connectivity index (χ0n) is 40.2. The number of aliphatic hydroxyl groups excluding tert-OH is 2. The second kappa shape index (κ2) is 50.0. The Labute approximate surface area is 373 Å². The summed E-state index contributed by atoms with van der Waals surface area (Å²) in [5.74, 6) is -0.161. The molecule has 6 nitrogen and oxygen atoms in total. The van der Waals surface area contributed by atoms with E-state index >= 15 is 0 Å². The van der Waals surface area contributed by atoms with E-state index < -0.39 is 12.1 Å². The van der Waals surface area contributed by atoms with Crippen LogP contribution in [-0.4, -0.2) is 47.4 Å². The van der Waals surface area contributed by atoms with Crippen molar-refractivity contribution in [3.8, 4) is 0 Å². The summed E-state index contributed by atoms with van der Waals surface area (Å²) in [5.41, 5.74) is 0. The van der Waals surface area contributed by atoms with Crippen molar-refractivity contribution in [3.63, 3.8) is 0 Å². The number of hydrogen-bond acceptors (Lipinski definition) is 5. The lowest BCUT2D eigenvalue weighted by atomic mass is 10.0. The number of amides is 1. The van der Waals surface area contributed by atoms with Gasteiger partial charge in [-0.05, 0) is 51.4 Å². The van der Waals surface area contributed by atoms with Crippen LogP contribution in [0.15, 0.2) is 24.3 Å². The number of nitrogens with one attached hydrogen (secondary N) is 1. The lowest BCUT2D eigenvalue weighted by Gasteiger charge is -2.19. The van der Waals surface area contributed by atoms with E-state index in [-0.39, 0.29) is 18.5 Å². The van der Waals surface area contributed by atoms with Crippen LogP contribution in [0, 0.1) is 0 Å². The molecule has 3 N–H and O–H groups in total. The van der Waals surface area contributed by atoms with Gasteiger partial charge in [0.05, 0.1) is 25.4 Å². The van der Waals surface area contributed by atoms with Crippen LogP contribution in [0.25, 0.3) is 0 Å². The molecule has 354 valence electrons. The van der Waals surface area contributed by atoms with Gasteiger partial charge in [-0.25, -0.2) is 0 Å². The summed E-state index contributed by atoms with van der Waals surface area (Å²) in [4.78, 5) is 24.5.